The zero-order valence-corrected chi connectivity index (χ0v) is 12.3. The van der Waals surface area contributed by atoms with Crippen LogP contribution in [0.3, 0.4) is 0 Å². The Morgan fingerprint density at radius 2 is 1.74 bits per heavy atom. The average molecular weight is 268 g/mol. The Labute approximate surface area is 116 Å². The largest absolute Gasteiger partial charge is 0.372 e. The van der Waals surface area contributed by atoms with E-state index in [1.165, 1.54) is 12.8 Å². The zero-order chi connectivity index (χ0) is 13.8. The van der Waals surface area contributed by atoms with Gasteiger partial charge < -0.3 is 15.4 Å². The fourth-order valence-electron chi connectivity index (χ4n) is 3.34. The topological polar surface area (TPSA) is 55.6 Å². The first kappa shape index (κ1) is 14.8. The minimum atomic E-state index is 0.167. The molecule has 1 amide bonds. The average Bonchev–Trinajstić information content (AvgIpc) is 2.36. The van der Waals surface area contributed by atoms with Gasteiger partial charge in [0.1, 0.15) is 0 Å². The van der Waals surface area contributed by atoms with Gasteiger partial charge in [-0.1, -0.05) is 0 Å². The number of hydrogen-bond acceptors (Lipinski definition) is 3. The molecule has 1 aliphatic carbocycles. The molecule has 0 radical (unpaired) electrons. The molecular formula is C15H28N2O2. The Morgan fingerprint density at radius 1 is 1.16 bits per heavy atom. The third-order valence-corrected chi connectivity index (χ3v) is 4.43. The predicted molar refractivity (Wildman–Crippen MR) is 75.8 cm³/mol. The van der Waals surface area contributed by atoms with Crippen molar-refractivity contribution in [1.82, 2.24) is 4.90 Å². The first-order valence-electron chi connectivity index (χ1n) is 7.73. The van der Waals surface area contributed by atoms with Crippen LogP contribution in [0.4, 0.5) is 0 Å². The Hall–Kier alpha value is -0.610. The molecule has 0 aromatic heterocycles. The molecule has 2 atom stereocenters. The maximum atomic E-state index is 12.2. The maximum absolute atomic E-state index is 12.2. The molecular weight excluding hydrogens is 240 g/mol. The second kappa shape index (κ2) is 6.71. The van der Waals surface area contributed by atoms with Crippen molar-refractivity contribution in [1.29, 1.82) is 0 Å². The van der Waals surface area contributed by atoms with Crippen molar-refractivity contribution in [3.05, 3.63) is 0 Å². The molecule has 1 saturated heterocycles. The molecule has 0 spiro atoms. The first-order valence-corrected chi connectivity index (χ1v) is 7.73. The summed E-state index contributed by atoms with van der Waals surface area (Å²) in [5.74, 6) is 1.01. The van der Waals surface area contributed by atoms with Gasteiger partial charge in [-0.3, -0.25) is 4.79 Å². The highest BCUT2D eigenvalue weighted by Crippen LogP contribution is 2.27. The highest BCUT2D eigenvalue weighted by molar-refractivity contribution is 5.76. The summed E-state index contributed by atoms with van der Waals surface area (Å²) in [6.07, 6.45) is 6.72. The number of amides is 1. The molecule has 1 aliphatic heterocycles. The molecule has 4 nitrogen and oxygen atoms in total. The van der Waals surface area contributed by atoms with Crippen LogP contribution >= 0.6 is 0 Å². The quantitative estimate of drug-likeness (QED) is 0.851. The maximum Gasteiger partial charge on any atom is 0.222 e. The van der Waals surface area contributed by atoms with Gasteiger partial charge in [0.2, 0.25) is 5.91 Å². The fourth-order valence-corrected chi connectivity index (χ4v) is 3.34. The lowest BCUT2D eigenvalue weighted by molar-refractivity contribution is -0.143. The number of nitrogens with zero attached hydrogens (tertiary/aromatic N) is 1. The molecule has 2 N–H and O–H groups in total. The number of nitrogens with two attached hydrogens (primary N) is 1. The lowest BCUT2D eigenvalue weighted by Gasteiger charge is -2.35. The number of rotatable bonds is 3. The van der Waals surface area contributed by atoms with Gasteiger partial charge in [0, 0.05) is 25.6 Å². The van der Waals surface area contributed by atoms with Gasteiger partial charge in [-0.05, 0) is 51.9 Å². The van der Waals surface area contributed by atoms with Crippen LogP contribution in [-0.2, 0) is 9.53 Å². The molecule has 1 heterocycles. The van der Waals surface area contributed by atoms with E-state index < -0.39 is 0 Å². The van der Waals surface area contributed by atoms with Crippen LogP contribution in [0.5, 0.6) is 0 Å². The van der Waals surface area contributed by atoms with Crippen LogP contribution in [0.1, 0.15) is 52.4 Å². The van der Waals surface area contributed by atoms with Gasteiger partial charge in [-0.15, -0.1) is 0 Å². The van der Waals surface area contributed by atoms with E-state index in [9.17, 15) is 4.79 Å². The summed E-state index contributed by atoms with van der Waals surface area (Å²) in [5, 5.41) is 0. The van der Waals surface area contributed by atoms with E-state index in [0.717, 1.165) is 32.4 Å². The molecule has 4 heteroatoms. The Balaban J connectivity index is 1.72. The van der Waals surface area contributed by atoms with Gasteiger partial charge in [-0.25, -0.2) is 0 Å². The molecule has 2 aliphatic rings. The summed E-state index contributed by atoms with van der Waals surface area (Å²) in [4.78, 5) is 14.2. The van der Waals surface area contributed by atoms with Crippen LogP contribution in [0, 0.1) is 5.92 Å². The Kier molecular flexibility index (Phi) is 5.22. The first-order chi connectivity index (χ1) is 9.04. The van der Waals surface area contributed by atoms with Crippen molar-refractivity contribution in [2.45, 2.75) is 70.6 Å². The normalized spacial score (nSPS) is 36.3. The van der Waals surface area contributed by atoms with Crippen molar-refractivity contribution in [3.63, 3.8) is 0 Å². The van der Waals surface area contributed by atoms with Gasteiger partial charge in [0.15, 0.2) is 0 Å². The molecule has 0 bridgehead atoms. The number of hydrogen-bond donors (Lipinski definition) is 1. The van der Waals surface area contributed by atoms with Crippen LogP contribution in [0.2, 0.25) is 0 Å². The zero-order valence-electron chi connectivity index (χ0n) is 12.3. The van der Waals surface area contributed by atoms with Crippen molar-refractivity contribution in [2.75, 3.05) is 13.1 Å². The predicted octanol–water partition coefficient (Wildman–Crippen LogP) is 1.92. The lowest BCUT2D eigenvalue weighted by atomic mass is 9.83. The standard InChI is InChI=1S/C15H28N2O2/c1-11-9-17(10-12(2)19-11)15(18)8-5-13-3-6-14(16)7-4-13/h11-14H,3-10,16H2,1-2H3/t11-,12+,13?,14?. The van der Waals surface area contributed by atoms with Crippen molar-refractivity contribution in [2.24, 2.45) is 11.7 Å². The third-order valence-electron chi connectivity index (χ3n) is 4.43. The smallest absolute Gasteiger partial charge is 0.222 e. The molecule has 2 fully saturated rings. The number of morpholine rings is 1. The summed E-state index contributed by atoms with van der Waals surface area (Å²) in [5.41, 5.74) is 5.91. The molecule has 0 aromatic rings. The monoisotopic (exact) mass is 268 g/mol. The van der Waals surface area contributed by atoms with Gasteiger partial charge >= 0.3 is 0 Å². The van der Waals surface area contributed by atoms with Gasteiger partial charge in [-0.2, -0.15) is 0 Å². The second-order valence-electron chi connectivity index (χ2n) is 6.38. The molecule has 2 rings (SSSR count). The van der Waals surface area contributed by atoms with Crippen LogP contribution in [0.25, 0.3) is 0 Å². The highest BCUT2D eigenvalue weighted by atomic mass is 16.5. The summed E-state index contributed by atoms with van der Waals surface area (Å²) in [7, 11) is 0. The summed E-state index contributed by atoms with van der Waals surface area (Å²) in [6.45, 7) is 5.58. The van der Waals surface area contributed by atoms with Gasteiger partial charge in [0.25, 0.3) is 0 Å². The fraction of sp³-hybridized carbons (Fsp3) is 0.933. The van der Waals surface area contributed by atoms with E-state index in [1.54, 1.807) is 0 Å². The van der Waals surface area contributed by atoms with E-state index >= 15 is 0 Å². The molecule has 0 unspecified atom stereocenters. The molecule has 110 valence electrons. The summed E-state index contributed by atoms with van der Waals surface area (Å²) < 4.78 is 5.67. The summed E-state index contributed by atoms with van der Waals surface area (Å²) in [6, 6.07) is 0.396. The van der Waals surface area contributed by atoms with E-state index in [-0.39, 0.29) is 12.2 Å². The van der Waals surface area contributed by atoms with E-state index in [1.807, 2.05) is 18.7 Å². The van der Waals surface area contributed by atoms with Crippen molar-refractivity contribution < 1.29 is 9.53 Å². The van der Waals surface area contributed by atoms with Crippen LogP contribution in [0.15, 0.2) is 0 Å². The van der Waals surface area contributed by atoms with E-state index in [4.69, 9.17) is 10.5 Å². The third kappa shape index (κ3) is 4.46. The van der Waals surface area contributed by atoms with Crippen LogP contribution < -0.4 is 5.73 Å². The number of carbonyl (C=O) groups is 1. The Bertz CT molecular complexity index is 291. The lowest BCUT2D eigenvalue weighted by Crippen LogP contribution is -2.48. The minimum absolute atomic E-state index is 0.167. The molecule has 0 aromatic carbocycles. The van der Waals surface area contributed by atoms with Gasteiger partial charge in [0.05, 0.1) is 12.2 Å². The Morgan fingerprint density at radius 3 is 2.32 bits per heavy atom. The minimum Gasteiger partial charge on any atom is -0.372 e. The van der Waals surface area contributed by atoms with Crippen molar-refractivity contribution >= 4 is 5.91 Å². The highest BCUT2D eigenvalue weighted by Gasteiger charge is 2.26. The van der Waals surface area contributed by atoms with E-state index in [2.05, 4.69) is 0 Å². The van der Waals surface area contributed by atoms with Crippen molar-refractivity contribution in [3.8, 4) is 0 Å². The molecule has 1 saturated carbocycles. The number of ether oxygens (including phenoxy) is 1. The second-order valence-corrected chi connectivity index (χ2v) is 6.38. The van der Waals surface area contributed by atoms with Crippen LogP contribution in [-0.4, -0.2) is 42.1 Å². The van der Waals surface area contributed by atoms with E-state index in [0.29, 0.717) is 24.3 Å². The summed E-state index contributed by atoms with van der Waals surface area (Å²) >= 11 is 0. The number of carbonyl (C=O) groups excluding carboxylic acids is 1. The SMILES string of the molecule is C[C@@H]1CN(C(=O)CCC2CCC(N)CC2)C[C@H](C)O1. The molecule has 19 heavy (non-hydrogen) atoms.